The maximum Gasteiger partial charge on any atom is 0.258 e. The first-order valence-electron chi connectivity index (χ1n) is 13.2. The number of nitrogens with zero attached hydrogens (tertiary/aromatic N) is 5. The van der Waals surface area contributed by atoms with Crippen LogP contribution in [0.4, 0.5) is 4.39 Å². The topological polar surface area (TPSA) is 98.8 Å². The van der Waals surface area contributed by atoms with E-state index in [4.69, 9.17) is 20.5 Å². The fraction of sp³-hybridized carbons (Fsp3) is 0.519. The van der Waals surface area contributed by atoms with Crippen molar-refractivity contribution in [3.8, 4) is 5.75 Å². The third kappa shape index (κ3) is 4.64. The molecule has 2 bridgehead atoms. The summed E-state index contributed by atoms with van der Waals surface area (Å²) in [5.74, 6) is 0.660. The van der Waals surface area contributed by atoms with E-state index in [1.165, 1.54) is 12.1 Å². The molecule has 5 heterocycles. The lowest BCUT2D eigenvalue weighted by atomic mass is 9.96. The molecule has 2 saturated heterocycles. The molecule has 2 unspecified atom stereocenters. The maximum atomic E-state index is 14.3. The minimum atomic E-state index is -0.450. The molecule has 9 nitrogen and oxygen atoms in total. The number of rotatable bonds is 0. The van der Waals surface area contributed by atoms with Gasteiger partial charge in [0.2, 0.25) is 0 Å². The molecule has 6 rings (SSSR count). The number of amides is 1. The first-order chi connectivity index (χ1) is 18.0. The molecule has 1 aromatic carbocycles. The van der Waals surface area contributed by atoms with Crippen molar-refractivity contribution in [1.82, 2.24) is 20.0 Å². The predicted octanol–water partition coefficient (Wildman–Crippen LogP) is 1.38. The average Bonchev–Trinajstić information content (AvgIpc) is 3.32. The van der Waals surface area contributed by atoms with Crippen LogP contribution >= 0.6 is 0 Å². The molecule has 10 heteroatoms. The normalized spacial score (nSPS) is 26.8. The van der Waals surface area contributed by atoms with Gasteiger partial charge < -0.3 is 30.5 Å². The predicted molar refractivity (Wildman–Crippen MR) is 140 cm³/mol. The van der Waals surface area contributed by atoms with Gasteiger partial charge in [-0.3, -0.25) is 9.79 Å². The highest BCUT2D eigenvalue weighted by molar-refractivity contribution is 6.08. The molecule has 5 aliphatic rings. The molecule has 2 atom stereocenters. The van der Waals surface area contributed by atoms with Gasteiger partial charge in [-0.15, -0.1) is 0 Å². The second-order valence-corrected chi connectivity index (χ2v) is 10.4. The maximum absolute atomic E-state index is 14.3. The van der Waals surface area contributed by atoms with Crippen molar-refractivity contribution in [2.75, 3.05) is 52.9 Å². The summed E-state index contributed by atoms with van der Waals surface area (Å²) in [5.41, 5.74) is 9.17. The Kier molecular flexibility index (Phi) is 6.46. The molecular weight excluding hydrogens is 473 g/mol. The number of likely N-dealkylation sites (tertiary alicyclic amines) is 1. The lowest BCUT2D eigenvalue weighted by Gasteiger charge is -2.40. The number of hydrogen-bond acceptors (Lipinski definition) is 8. The van der Waals surface area contributed by atoms with E-state index in [0.29, 0.717) is 25.4 Å². The number of nitrogens with two attached hydrogens (primary N) is 1. The van der Waals surface area contributed by atoms with Gasteiger partial charge in [0.05, 0.1) is 23.0 Å². The van der Waals surface area contributed by atoms with Crippen LogP contribution in [0.2, 0.25) is 0 Å². The zero-order valence-electron chi connectivity index (χ0n) is 21.2. The highest BCUT2D eigenvalue weighted by Crippen LogP contribution is 2.34. The Hall–Kier alpha value is -3.24. The molecule has 0 spiro atoms. The highest BCUT2D eigenvalue weighted by Gasteiger charge is 2.39. The van der Waals surface area contributed by atoms with E-state index in [9.17, 15) is 9.18 Å². The highest BCUT2D eigenvalue weighted by atomic mass is 19.1. The Bertz CT molecular complexity index is 1200. The summed E-state index contributed by atoms with van der Waals surface area (Å²) in [6, 6.07) is 3.97. The number of fused-ring (bicyclic) bond motifs is 3. The average molecular weight is 508 g/mol. The number of aliphatic imine (C=N–C) groups is 2. The quantitative estimate of drug-likeness (QED) is 0.551. The number of amidine groups is 1. The van der Waals surface area contributed by atoms with E-state index in [0.717, 1.165) is 68.4 Å². The summed E-state index contributed by atoms with van der Waals surface area (Å²) < 4.78 is 20.2. The van der Waals surface area contributed by atoms with E-state index in [-0.39, 0.29) is 29.6 Å². The molecule has 0 saturated carbocycles. The number of piperidine rings is 1. The van der Waals surface area contributed by atoms with E-state index in [1.807, 2.05) is 4.90 Å². The SMILES string of the molecule is CN1CCNCCOc2ccc(F)cc2C(=O)N2CCCCC2C2=NC3C(=C2)N=C(N2CC(N)C2)C=C31. The number of nitrogens with one attached hydrogen (secondary N) is 1. The minimum absolute atomic E-state index is 0.176. The fourth-order valence-corrected chi connectivity index (χ4v) is 5.70. The van der Waals surface area contributed by atoms with E-state index in [1.54, 1.807) is 6.07 Å². The van der Waals surface area contributed by atoms with Gasteiger partial charge in [-0.2, -0.15) is 0 Å². The summed E-state index contributed by atoms with van der Waals surface area (Å²) in [6.07, 6.45) is 6.90. The van der Waals surface area contributed by atoms with Crippen molar-refractivity contribution in [2.24, 2.45) is 15.7 Å². The molecule has 1 aromatic rings. The van der Waals surface area contributed by atoms with Gasteiger partial charge >= 0.3 is 0 Å². The summed E-state index contributed by atoms with van der Waals surface area (Å²) in [4.78, 5) is 30.2. The third-order valence-electron chi connectivity index (χ3n) is 7.77. The standard InChI is InChI=1S/C27H34FN7O2/c1-33-10-7-30-8-11-37-24-6-5-17(28)12-19(24)27(36)35-9-3-2-4-22(35)20-13-21-26(32-20)23(33)14-25(31-21)34-15-18(29)16-34/h5-6,12-14,18,22,26,30H,2-4,7-11,15-16,29H2,1H3. The van der Waals surface area contributed by atoms with Gasteiger partial charge in [0.1, 0.15) is 30.1 Å². The molecule has 37 heavy (non-hydrogen) atoms. The van der Waals surface area contributed by atoms with Crippen LogP contribution in [-0.2, 0) is 0 Å². The zero-order valence-corrected chi connectivity index (χ0v) is 21.2. The van der Waals surface area contributed by atoms with Crippen LogP contribution in [0.1, 0.15) is 29.6 Å². The molecule has 3 N–H and O–H groups in total. The molecule has 5 aliphatic heterocycles. The van der Waals surface area contributed by atoms with Crippen LogP contribution in [0.5, 0.6) is 5.75 Å². The summed E-state index contributed by atoms with van der Waals surface area (Å²) in [7, 11) is 2.09. The van der Waals surface area contributed by atoms with Crippen LogP contribution in [0.25, 0.3) is 0 Å². The van der Waals surface area contributed by atoms with Gasteiger partial charge in [-0.25, -0.2) is 9.38 Å². The van der Waals surface area contributed by atoms with Crippen LogP contribution < -0.4 is 15.8 Å². The Balaban J connectivity index is 1.39. The van der Waals surface area contributed by atoms with Crippen molar-refractivity contribution in [2.45, 2.75) is 37.4 Å². The molecule has 0 aromatic heterocycles. The number of hydrogen-bond donors (Lipinski definition) is 2. The van der Waals surface area contributed by atoms with Crippen molar-refractivity contribution < 1.29 is 13.9 Å². The molecule has 0 radical (unpaired) electrons. The van der Waals surface area contributed by atoms with Gasteiger partial charge in [0.15, 0.2) is 0 Å². The number of benzene rings is 1. The van der Waals surface area contributed by atoms with Crippen molar-refractivity contribution in [3.05, 3.63) is 53.1 Å². The number of carbonyl (C=O) groups is 1. The lowest BCUT2D eigenvalue weighted by molar-refractivity contribution is 0.0676. The Labute approximate surface area is 216 Å². The van der Waals surface area contributed by atoms with Gasteiger partial charge in [-0.1, -0.05) is 0 Å². The number of halogens is 1. The summed E-state index contributed by atoms with van der Waals surface area (Å²) >= 11 is 0. The van der Waals surface area contributed by atoms with Crippen LogP contribution in [0.3, 0.4) is 0 Å². The smallest absolute Gasteiger partial charge is 0.258 e. The third-order valence-corrected chi connectivity index (χ3v) is 7.77. The van der Waals surface area contributed by atoms with Gasteiger partial charge in [-0.05, 0) is 43.5 Å². The molecular formula is C27H34FN7O2. The van der Waals surface area contributed by atoms with Crippen LogP contribution in [0, 0.1) is 5.82 Å². The Morgan fingerprint density at radius 2 is 2.03 bits per heavy atom. The van der Waals surface area contributed by atoms with Crippen molar-refractivity contribution >= 4 is 17.5 Å². The van der Waals surface area contributed by atoms with Crippen LogP contribution in [0.15, 0.2) is 51.7 Å². The van der Waals surface area contributed by atoms with E-state index < -0.39 is 5.82 Å². The monoisotopic (exact) mass is 507 g/mol. The van der Waals surface area contributed by atoms with Gasteiger partial charge in [0, 0.05) is 64.1 Å². The Morgan fingerprint density at radius 3 is 2.86 bits per heavy atom. The number of carbonyl (C=O) groups excluding carboxylic acids is 1. The summed E-state index contributed by atoms with van der Waals surface area (Å²) in [6.45, 7) is 4.72. The second kappa shape index (κ2) is 9.90. The van der Waals surface area contributed by atoms with Crippen molar-refractivity contribution in [3.63, 3.8) is 0 Å². The zero-order chi connectivity index (χ0) is 25.5. The van der Waals surface area contributed by atoms with Crippen LogP contribution in [-0.4, -0.2) is 103 Å². The lowest BCUT2D eigenvalue weighted by Crippen LogP contribution is -2.58. The van der Waals surface area contributed by atoms with Crippen molar-refractivity contribution in [1.29, 1.82) is 0 Å². The molecule has 196 valence electrons. The van der Waals surface area contributed by atoms with E-state index in [2.05, 4.69) is 34.3 Å². The molecule has 2 fully saturated rings. The number of dihydropyridines is 1. The Morgan fingerprint density at radius 1 is 1.16 bits per heavy atom. The molecule has 0 aliphatic carbocycles. The minimum Gasteiger partial charge on any atom is -0.491 e. The van der Waals surface area contributed by atoms with E-state index >= 15 is 0 Å². The van der Waals surface area contributed by atoms with Gasteiger partial charge in [0.25, 0.3) is 5.91 Å². The summed E-state index contributed by atoms with van der Waals surface area (Å²) in [5, 5.41) is 3.40. The number of likely N-dealkylation sites (N-methyl/N-ethyl adjacent to an activating group) is 1. The first kappa shape index (κ1) is 24.1. The number of ether oxygens (including phenoxy) is 1. The largest absolute Gasteiger partial charge is 0.491 e. The second-order valence-electron chi connectivity index (χ2n) is 10.4. The fourth-order valence-electron chi connectivity index (χ4n) is 5.70. The first-order valence-corrected chi connectivity index (χ1v) is 13.2. The molecule has 1 amide bonds.